The summed E-state index contributed by atoms with van der Waals surface area (Å²) in [6.07, 6.45) is 13.3. The highest BCUT2D eigenvalue weighted by Crippen LogP contribution is 2.77. The van der Waals surface area contributed by atoms with Gasteiger partial charge >= 0.3 is 11.9 Å². The molecule has 1 aromatic carbocycles. The minimum absolute atomic E-state index is 0.00784. The minimum Gasteiger partial charge on any atom is -0.481 e. The van der Waals surface area contributed by atoms with Crippen LogP contribution in [0.5, 0.6) is 0 Å². The van der Waals surface area contributed by atoms with Crippen LogP contribution in [0.3, 0.4) is 0 Å². The van der Waals surface area contributed by atoms with E-state index in [2.05, 4.69) is 71.2 Å². The number of benzene rings is 1. The first-order valence-corrected chi connectivity index (χ1v) is 24.5. The average Bonchev–Trinajstić information content (AvgIpc) is 3.57. The van der Waals surface area contributed by atoms with Crippen molar-refractivity contribution in [3.8, 4) is 0 Å². The van der Waals surface area contributed by atoms with Crippen LogP contribution < -0.4 is 0 Å². The lowest BCUT2D eigenvalue weighted by molar-refractivity contribution is -0.226. The number of carbonyl (C=O) groups excluding carboxylic acids is 2. The molecule has 10 heteroatoms. The molecule has 1 amide bonds. The summed E-state index contributed by atoms with van der Waals surface area (Å²) in [6.45, 7) is 22.7. The van der Waals surface area contributed by atoms with Gasteiger partial charge in [0.05, 0.1) is 30.6 Å². The van der Waals surface area contributed by atoms with Crippen LogP contribution in [0.25, 0.3) is 5.57 Å². The molecule has 1 saturated heterocycles. The number of hydrogen-bond acceptors (Lipinski definition) is 7. The number of esters is 1. The number of fused-ring (bicyclic) bond motifs is 7. The molecule has 326 valence electrons. The molecule has 1 heterocycles. The first kappa shape index (κ1) is 44.1. The van der Waals surface area contributed by atoms with Gasteiger partial charge in [0.25, 0.3) is 0 Å². The third kappa shape index (κ3) is 7.67. The number of sulfone groups is 1. The van der Waals surface area contributed by atoms with Gasteiger partial charge in [0.15, 0.2) is 9.84 Å². The van der Waals surface area contributed by atoms with Crippen molar-refractivity contribution in [3.05, 3.63) is 53.6 Å². The van der Waals surface area contributed by atoms with Crippen LogP contribution in [-0.2, 0) is 24.2 Å². The Morgan fingerprint density at radius 2 is 1.59 bits per heavy atom. The third-order valence-electron chi connectivity index (χ3n) is 18.2. The van der Waals surface area contributed by atoms with Gasteiger partial charge in [-0.25, -0.2) is 13.2 Å². The van der Waals surface area contributed by atoms with Crippen molar-refractivity contribution < 1.29 is 32.6 Å². The van der Waals surface area contributed by atoms with Crippen LogP contribution in [0, 0.1) is 56.7 Å². The molecule has 6 aliphatic rings. The van der Waals surface area contributed by atoms with Gasteiger partial charge in [0.2, 0.25) is 5.91 Å². The molecular weight excluding hydrogens is 761 g/mol. The standard InChI is InChI=1S/C49H72N2O7S/c1-33(2)36-18-23-49(32-51(41(52)16-17-42(53)54)27-9-26-50-28-30-59(56,57)31-29-50)25-24-47(6)38(43(36)49)14-15-40-46(5)21-19-37(34-10-12-35(13-11-34)44(55)58-8)45(3,4)39(46)20-22-48(40,47)7/h10-13,19,36,38-40,43H,1,9,14-18,20-32H2,2-8H3,(H,53,54)/t36-,38+,39-,40+,43+,46-,47+,48+,49+/m0/s1. The number of carboxylic acids is 1. The second kappa shape index (κ2) is 16.0. The molecule has 1 aliphatic heterocycles. The van der Waals surface area contributed by atoms with Crippen molar-refractivity contribution >= 4 is 33.3 Å². The summed E-state index contributed by atoms with van der Waals surface area (Å²) >= 11 is 0. The monoisotopic (exact) mass is 833 g/mol. The van der Waals surface area contributed by atoms with Gasteiger partial charge < -0.3 is 19.6 Å². The first-order valence-electron chi connectivity index (χ1n) is 22.7. The van der Waals surface area contributed by atoms with E-state index in [1.54, 1.807) is 0 Å². The van der Waals surface area contributed by atoms with Crippen LogP contribution in [0.2, 0.25) is 0 Å². The average molecular weight is 833 g/mol. The molecule has 1 aromatic rings. The molecule has 0 aromatic heterocycles. The number of aliphatic carboxylic acids is 1. The van der Waals surface area contributed by atoms with Gasteiger partial charge in [0.1, 0.15) is 0 Å². The molecule has 9 atom stereocenters. The predicted molar refractivity (Wildman–Crippen MR) is 233 cm³/mol. The van der Waals surface area contributed by atoms with Crippen molar-refractivity contribution in [3.63, 3.8) is 0 Å². The maximum absolute atomic E-state index is 14.0. The zero-order chi connectivity index (χ0) is 42.8. The van der Waals surface area contributed by atoms with Crippen molar-refractivity contribution in [2.24, 2.45) is 56.7 Å². The number of ether oxygens (including phenoxy) is 1. The van der Waals surface area contributed by atoms with Gasteiger partial charge in [-0.1, -0.05) is 65.0 Å². The Bertz CT molecular complexity index is 1940. The summed E-state index contributed by atoms with van der Waals surface area (Å²) in [4.78, 5) is 42.1. The Hall–Kier alpha value is -2.98. The molecule has 1 N–H and O–H groups in total. The summed E-state index contributed by atoms with van der Waals surface area (Å²) in [5.74, 6) is 1.51. The van der Waals surface area contributed by atoms with E-state index in [-0.39, 0.29) is 63.3 Å². The number of hydrogen-bond donors (Lipinski definition) is 1. The van der Waals surface area contributed by atoms with E-state index in [4.69, 9.17) is 4.74 Å². The summed E-state index contributed by atoms with van der Waals surface area (Å²) in [5, 5.41) is 9.54. The van der Waals surface area contributed by atoms with Gasteiger partial charge in [-0.05, 0) is 158 Å². The number of nitrogens with zero attached hydrogens (tertiary/aromatic N) is 2. The molecule has 0 radical (unpaired) electrons. The van der Waals surface area contributed by atoms with Crippen LogP contribution in [0.4, 0.5) is 0 Å². The number of methoxy groups -OCH3 is 1. The van der Waals surface area contributed by atoms with Crippen molar-refractivity contribution in [2.75, 3.05) is 51.3 Å². The third-order valence-corrected chi connectivity index (χ3v) is 19.8. The second-order valence-corrected chi connectivity index (χ2v) is 23.5. The smallest absolute Gasteiger partial charge is 0.337 e. The predicted octanol–water partition coefficient (Wildman–Crippen LogP) is 8.94. The maximum Gasteiger partial charge on any atom is 0.337 e. The van der Waals surface area contributed by atoms with Gasteiger partial charge in [0, 0.05) is 32.6 Å². The lowest BCUT2D eigenvalue weighted by Crippen LogP contribution is -2.66. The number of amides is 1. The lowest BCUT2D eigenvalue weighted by Gasteiger charge is -2.72. The van der Waals surface area contributed by atoms with E-state index in [1.807, 2.05) is 17.0 Å². The molecule has 0 bridgehead atoms. The van der Waals surface area contributed by atoms with Crippen LogP contribution in [-0.4, -0.2) is 92.5 Å². The van der Waals surface area contributed by atoms with E-state index in [1.165, 1.54) is 49.5 Å². The zero-order valence-corrected chi connectivity index (χ0v) is 37.9. The quantitative estimate of drug-likeness (QED) is 0.164. The fourth-order valence-corrected chi connectivity index (χ4v) is 16.3. The summed E-state index contributed by atoms with van der Waals surface area (Å²) in [6, 6.07) is 7.99. The van der Waals surface area contributed by atoms with E-state index in [9.17, 15) is 27.9 Å². The molecule has 5 aliphatic carbocycles. The molecule has 7 rings (SSSR count). The molecule has 0 unspecified atom stereocenters. The number of carbonyl (C=O) groups is 3. The Kier molecular flexibility index (Phi) is 12.0. The molecular formula is C49H72N2O7S. The largest absolute Gasteiger partial charge is 0.481 e. The van der Waals surface area contributed by atoms with Gasteiger partial charge in [-0.2, -0.15) is 0 Å². The molecule has 5 fully saturated rings. The van der Waals surface area contributed by atoms with Crippen molar-refractivity contribution in [1.82, 2.24) is 9.80 Å². The highest BCUT2D eigenvalue weighted by atomic mass is 32.2. The number of carboxylic acid groups (broad SMARTS) is 1. The Balaban J connectivity index is 1.15. The Labute approximate surface area is 354 Å². The topological polar surface area (TPSA) is 121 Å². The van der Waals surface area contributed by atoms with Crippen LogP contribution in [0.1, 0.15) is 135 Å². The van der Waals surface area contributed by atoms with Crippen molar-refractivity contribution in [1.29, 1.82) is 0 Å². The summed E-state index contributed by atoms with van der Waals surface area (Å²) in [5.41, 5.74) is 4.82. The zero-order valence-electron chi connectivity index (χ0n) is 37.1. The normalized spacial score (nSPS) is 37.1. The SMILES string of the molecule is C=C(C)[C@@H]1CC[C@]2(CN(CCCN3CCS(=O)(=O)CC3)C(=O)CCC(=O)O)CC[C@]3(C)[C@H](CC[C@@H]4[C@@]5(C)CC=C(c6ccc(C(=O)OC)cc6)C(C)(C)[C@@H]5CC[C@]43C)[C@@H]12. The highest BCUT2D eigenvalue weighted by molar-refractivity contribution is 7.91. The summed E-state index contributed by atoms with van der Waals surface area (Å²) < 4.78 is 29.1. The van der Waals surface area contributed by atoms with Crippen LogP contribution >= 0.6 is 0 Å². The van der Waals surface area contributed by atoms with Crippen molar-refractivity contribution in [2.45, 2.75) is 119 Å². The maximum atomic E-state index is 14.0. The van der Waals surface area contributed by atoms with Crippen LogP contribution in [0.15, 0.2) is 42.5 Å². The highest BCUT2D eigenvalue weighted by Gasteiger charge is 2.70. The Morgan fingerprint density at radius 1 is 0.898 bits per heavy atom. The summed E-state index contributed by atoms with van der Waals surface area (Å²) in [7, 11) is -1.55. The van der Waals surface area contributed by atoms with E-state index < -0.39 is 15.8 Å². The van der Waals surface area contributed by atoms with E-state index in [0.29, 0.717) is 61.3 Å². The fraction of sp³-hybridized carbons (Fsp3) is 0.735. The molecule has 9 nitrogen and oxygen atoms in total. The first-order chi connectivity index (χ1) is 27.7. The molecule has 59 heavy (non-hydrogen) atoms. The second-order valence-electron chi connectivity index (χ2n) is 21.2. The molecule has 0 spiro atoms. The number of allylic oxidation sites excluding steroid dienone is 3. The Morgan fingerprint density at radius 3 is 2.24 bits per heavy atom. The van der Waals surface area contributed by atoms with Gasteiger partial charge in [-0.3, -0.25) is 9.59 Å². The fourth-order valence-electron chi connectivity index (χ4n) is 15.1. The van der Waals surface area contributed by atoms with E-state index >= 15 is 0 Å². The number of rotatable bonds is 12. The lowest BCUT2D eigenvalue weighted by atomic mass is 9.32. The minimum atomic E-state index is -2.97. The molecule has 4 saturated carbocycles. The van der Waals surface area contributed by atoms with E-state index in [0.717, 1.165) is 45.1 Å². The van der Waals surface area contributed by atoms with Gasteiger partial charge in [-0.15, -0.1) is 0 Å².